The largest absolute Gasteiger partial charge is 0.419 e. The van der Waals surface area contributed by atoms with Crippen LogP contribution in [0.3, 0.4) is 0 Å². The van der Waals surface area contributed by atoms with E-state index < -0.39 is 17.6 Å². The first-order chi connectivity index (χ1) is 14.3. The zero-order valence-corrected chi connectivity index (χ0v) is 16.5. The van der Waals surface area contributed by atoms with E-state index in [2.05, 4.69) is 37.0 Å². The van der Waals surface area contributed by atoms with Crippen molar-refractivity contribution in [3.63, 3.8) is 0 Å². The summed E-state index contributed by atoms with van der Waals surface area (Å²) in [5, 5.41) is 0. The maximum Gasteiger partial charge on any atom is 0.419 e. The Bertz CT molecular complexity index is 1160. The van der Waals surface area contributed by atoms with Gasteiger partial charge in [-0.15, -0.1) is 0 Å². The lowest BCUT2D eigenvalue weighted by atomic mass is 9.84. The Balaban J connectivity index is 1.60. The van der Waals surface area contributed by atoms with Gasteiger partial charge in [-0.05, 0) is 77.4 Å². The molecule has 0 bridgehead atoms. The highest BCUT2D eigenvalue weighted by atomic mass is 19.4. The third-order valence-corrected chi connectivity index (χ3v) is 5.39. The first-order valence-corrected chi connectivity index (χ1v) is 9.99. The van der Waals surface area contributed by atoms with Gasteiger partial charge in [-0.1, -0.05) is 49.5 Å². The van der Waals surface area contributed by atoms with Crippen LogP contribution < -0.4 is 0 Å². The minimum atomic E-state index is -4.71. The van der Waals surface area contributed by atoms with Crippen LogP contribution in [0.25, 0.3) is 11.1 Å². The van der Waals surface area contributed by atoms with Gasteiger partial charge in [0.15, 0.2) is 0 Å². The highest BCUT2D eigenvalue weighted by Crippen LogP contribution is 2.35. The Morgan fingerprint density at radius 2 is 1.40 bits per heavy atom. The van der Waals surface area contributed by atoms with Gasteiger partial charge in [-0.2, -0.15) is 13.2 Å². The zero-order chi connectivity index (χ0) is 21.3. The maximum atomic E-state index is 13.7. The minimum Gasteiger partial charge on any atom is -0.206 e. The van der Waals surface area contributed by atoms with E-state index in [1.807, 2.05) is 18.2 Å². The second kappa shape index (κ2) is 7.99. The molecule has 0 radical (unpaired) electrons. The molecule has 0 fully saturated rings. The van der Waals surface area contributed by atoms with Crippen molar-refractivity contribution in [2.45, 2.75) is 38.8 Å². The molecule has 0 aliphatic heterocycles. The van der Waals surface area contributed by atoms with E-state index in [0.29, 0.717) is 0 Å². The molecule has 4 heteroatoms. The molecular weight excluding hydrogens is 388 g/mol. The predicted octanol–water partition coefficient (Wildman–Crippen LogP) is 6.96. The van der Waals surface area contributed by atoms with Crippen LogP contribution in [0, 0.1) is 17.7 Å². The second-order valence-electron chi connectivity index (χ2n) is 7.56. The monoisotopic (exact) mass is 408 g/mol. The van der Waals surface area contributed by atoms with Gasteiger partial charge in [0.2, 0.25) is 0 Å². The molecule has 3 aromatic rings. The second-order valence-corrected chi connectivity index (χ2v) is 7.56. The lowest BCUT2D eigenvalue weighted by Gasteiger charge is -2.21. The van der Waals surface area contributed by atoms with Gasteiger partial charge in [0, 0.05) is 11.1 Å². The smallest absolute Gasteiger partial charge is 0.206 e. The quantitative estimate of drug-likeness (QED) is 0.318. The highest BCUT2D eigenvalue weighted by Gasteiger charge is 2.33. The Morgan fingerprint density at radius 1 is 0.800 bits per heavy atom. The van der Waals surface area contributed by atoms with Crippen LogP contribution in [0.2, 0.25) is 0 Å². The fourth-order valence-electron chi connectivity index (χ4n) is 3.94. The Hall–Kier alpha value is -3.06. The SMILES string of the molecule is CCCc1ccc2c(c1)CCc1cc(C#Cc3ccc(C(F)(F)F)c(F)c3)ccc1-2. The summed E-state index contributed by atoms with van der Waals surface area (Å²) in [6.45, 7) is 2.18. The Labute approximate surface area is 173 Å². The number of hydrogen-bond donors (Lipinski definition) is 0. The third-order valence-electron chi connectivity index (χ3n) is 5.39. The van der Waals surface area contributed by atoms with E-state index in [-0.39, 0.29) is 5.56 Å². The molecule has 0 aromatic heterocycles. The molecule has 0 atom stereocenters. The van der Waals surface area contributed by atoms with E-state index in [1.54, 1.807) is 0 Å². The van der Waals surface area contributed by atoms with Crippen LogP contribution in [0.4, 0.5) is 17.6 Å². The molecule has 3 aromatic carbocycles. The molecule has 0 amide bonds. The molecular formula is C26H20F4. The van der Waals surface area contributed by atoms with Gasteiger partial charge < -0.3 is 0 Å². The minimum absolute atomic E-state index is 0.215. The van der Waals surface area contributed by atoms with Crippen LogP contribution in [0.5, 0.6) is 0 Å². The summed E-state index contributed by atoms with van der Waals surface area (Å²) < 4.78 is 51.8. The molecule has 152 valence electrons. The normalized spacial score (nSPS) is 12.6. The average molecular weight is 408 g/mol. The molecule has 4 rings (SSSR count). The molecule has 30 heavy (non-hydrogen) atoms. The summed E-state index contributed by atoms with van der Waals surface area (Å²) in [7, 11) is 0. The summed E-state index contributed by atoms with van der Waals surface area (Å²) in [5.74, 6) is 4.41. The topological polar surface area (TPSA) is 0 Å². The third kappa shape index (κ3) is 4.11. The van der Waals surface area contributed by atoms with E-state index >= 15 is 0 Å². The zero-order valence-electron chi connectivity index (χ0n) is 16.5. The van der Waals surface area contributed by atoms with Crippen molar-refractivity contribution < 1.29 is 17.6 Å². The summed E-state index contributed by atoms with van der Waals surface area (Å²) >= 11 is 0. The van der Waals surface area contributed by atoms with E-state index in [4.69, 9.17) is 0 Å². The van der Waals surface area contributed by atoms with Crippen LogP contribution in [0.15, 0.2) is 54.6 Å². The molecule has 0 heterocycles. The van der Waals surface area contributed by atoms with Gasteiger partial charge in [-0.3, -0.25) is 0 Å². The lowest BCUT2D eigenvalue weighted by molar-refractivity contribution is -0.140. The highest BCUT2D eigenvalue weighted by molar-refractivity contribution is 5.74. The van der Waals surface area contributed by atoms with Crippen molar-refractivity contribution in [2.24, 2.45) is 0 Å². The Morgan fingerprint density at radius 3 is 2.03 bits per heavy atom. The van der Waals surface area contributed by atoms with Crippen LogP contribution in [0.1, 0.15) is 46.7 Å². The van der Waals surface area contributed by atoms with Crippen molar-refractivity contribution in [1.82, 2.24) is 0 Å². The first kappa shape index (κ1) is 20.2. The predicted molar refractivity (Wildman–Crippen MR) is 111 cm³/mol. The number of fused-ring (bicyclic) bond motifs is 3. The lowest BCUT2D eigenvalue weighted by Crippen LogP contribution is -2.07. The van der Waals surface area contributed by atoms with Gasteiger partial charge >= 0.3 is 6.18 Å². The number of halogens is 4. The number of alkyl halides is 3. The number of rotatable bonds is 2. The fourth-order valence-corrected chi connectivity index (χ4v) is 3.94. The number of benzene rings is 3. The fraction of sp³-hybridized carbons (Fsp3) is 0.231. The van der Waals surface area contributed by atoms with Gasteiger partial charge in [0.25, 0.3) is 0 Å². The molecule has 0 spiro atoms. The first-order valence-electron chi connectivity index (χ1n) is 9.99. The van der Waals surface area contributed by atoms with Crippen LogP contribution in [-0.2, 0) is 25.4 Å². The molecule has 0 unspecified atom stereocenters. The van der Waals surface area contributed by atoms with E-state index in [9.17, 15) is 17.6 Å². The van der Waals surface area contributed by atoms with E-state index in [1.165, 1.54) is 33.9 Å². The number of hydrogen-bond acceptors (Lipinski definition) is 0. The number of aryl methyl sites for hydroxylation is 3. The van der Waals surface area contributed by atoms with Crippen LogP contribution in [-0.4, -0.2) is 0 Å². The summed E-state index contributed by atoms with van der Waals surface area (Å²) in [6, 6.07) is 15.4. The maximum absolute atomic E-state index is 13.7. The van der Waals surface area contributed by atoms with Crippen molar-refractivity contribution >= 4 is 0 Å². The molecule has 0 N–H and O–H groups in total. The van der Waals surface area contributed by atoms with E-state index in [0.717, 1.165) is 43.4 Å². The van der Waals surface area contributed by atoms with Gasteiger partial charge in [0.05, 0.1) is 5.56 Å². The van der Waals surface area contributed by atoms with Crippen molar-refractivity contribution in [2.75, 3.05) is 0 Å². The van der Waals surface area contributed by atoms with Crippen LogP contribution >= 0.6 is 0 Å². The van der Waals surface area contributed by atoms with Crippen molar-refractivity contribution in [3.8, 4) is 23.0 Å². The van der Waals surface area contributed by atoms with Gasteiger partial charge in [-0.25, -0.2) is 4.39 Å². The molecule has 1 aliphatic rings. The molecule has 0 nitrogen and oxygen atoms in total. The Kier molecular flexibility index (Phi) is 5.39. The standard InChI is InChI=1S/C26H20F4/c1-2-3-17-6-11-22-20(14-17)9-10-21-15-18(7-12-23(21)22)4-5-19-8-13-24(25(27)16-19)26(28,29)30/h6-8,11-16H,2-3,9-10H2,1H3. The molecule has 1 aliphatic carbocycles. The van der Waals surface area contributed by atoms with Gasteiger partial charge in [0.1, 0.15) is 5.82 Å². The summed E-state index contributed by atoms with van der Waals surface area (Å²) in [4.78, 5) is 0. The summed E-state index contributed by atoms with van der Waals surface area (Å²) in [6.07, 6.45) is -0.606. The average Bonchev–Trinajstić information content (AvgIpc) is 2.71. The molecule has 0 saturated heterocycles. The van der Waals surface area contributed by atoms with Crippen molar-refractivity contribution in [3.05, 3.63) is 93.8 Å². The molecule has 0 saturated carbocycles. The summed E-state index contributed by atoms with van der Waals surface area (Å²) in [5.41, 5.74) is 6.09. The van der Waals surface area contributed by atoms with Crippen molar-refractivity contribution in [1.29, 1.82) is 0 Å².